The summed E-state index contributed by atoms with van der Waals surface area (Å²) in [7, 11) is 4.98. The first-order valence-corrected chi connectivity index (χ1v) is 16.8. The van der Waals surface area contributed by atoms with Gasteiger partial charge in [0.05, 0.1) is 19.9 Å². The highest BCUT2D eigenvalue weighted by Gasteiger charge is 2.76. The quantitative estimate of drug-likeness (QED) is 0.428. The molecule has 2 N–H and O–H groups in total. The number of nitrogens with one attached hydrogen (secondary N) is 2. The number of ether oxygens (including phenoxy) is 1. The van der Waals surface area contributed by atoms with Gasteiger partial charge < -0.3 is 20.3 Å². The molecule has 246 valence electrons. The number of likely N-dealkylation sites (N-methyl/N-ethyl adjacent to an activating group) is 1. The third-order valence-electron chi connectivity index (χ3n) is 12.2. The van der Waals surface area contributed by atoms with Crippen molar-refractivity contribution >= 4 is 29.6 Å². The number of hydrogen-bond donors (Lipinski definition) is 2. The lowest BCUT2D eigenvalue weighted by molar-refractivity contribution is -0.140. The molecule has 6 unspecified atom stereocenters. The predicted octanol–water partition coefficient (Wildman–Crippen LogP) is 2.91. The van der Waals surface area contributed by atoms with Crippen LogP contribution in [0.4, 0.5) is 10.6 Å². The minimum atomic E-state index is -1.08. The Labute approximate surface area is 269 Å². The topological polar surface area (TPSA) is 136 Å². The van der Waals surface area contributed by atoms with Gasteiger partial charge in [0, 0.05) is 56.2 Å². The molecule has 0 aromatic carbocycles. The summed E-state index contributed by atoms with van der Waals surface area (Å²) in [5.74, 6) is 0.888. The highest BCUT2D eigenvalue weighted by Crippen LogP contribution is 2.65. The van der Waals surface area contributed by atoms with E-state index in [1.165, 1.54) is 11.8 Å². The van der Waals surface area contributed by atoms with Crippen molar-refractivity contribution in [3.05, 3.63) is 41.9 Å². The normalized spacial score (nSPS) is 34.3. The number of methoxy groups -OCH3 is 1. The van der Waals surface area contributed by atoms with E-state index in [-0.39, 0.29) is 52.2 Å². The molecule has 2 aliphatic heterocycles. The van der Waals surface area contributed by atoms with Crippen LogP contribution < -0.4 is 15.1 Å². The van der Waals surface area contributed by atoms with Crippen molar-refractivity contribution in [1.29, 1.82) is 0 Å². The van der Waals surface area contributed by atoms with Crippen molar-refractivity contribution in [3.63, 3.8) is 0 Å². The van der Waals surface area contributed by atoms with E-state index in [9.17, 15) is 19.2 Å². The number of carbonyl (C=O) groups is 4. The van der Waals surface area contributed by atoms with E-state index >= 15 is 0 Å². The molecule has 4 amide bonds. The number of likely N-dealkylation sites (tertiary alicyclic amines) is 2. The van der Waals surface area contributed by atoms with Crippen molar-refractivity contribution in [2.45, 2.75) is 82.3 Å². The monoisotopic (exact) mass is 632 g/mol. The summed E-state index contributed by atoms with van der Waals surface area (Å²) in [5.41, 5.74) is -0.287. The lowest BCUT2D eigenvalue weighted by Crippen LogP contribution is -2.70. The Balaban J connectivity index is 1.26. The van der Waals surface area contributed by atoms with Gasteiger partial charge in [-0.15, -0.1) is 0 Å². The van der Waals surface area contributed by atoms with Crippen LogP contribution in [0.3, 0.4) is 0 Å². The molecule has 7 rings (SSSR count). The van der Waals surface area contributed by atoms with Gasteiger partial charge in [-0.2, -0.15) is 10.1 Å². The second kappa shape index (κ2) is 10.9. The number of hydrogen-bond acceptors (Lipinski definition) is 7. The van der Waals surface area contributed by atoms with Crippen molar-refractivity contribution in [2.24, 2.45) is 30.2 Å². The Morgan fingerprint density at radius 1 is 1.15 bits per heavy atom. The van der Waals surface area contributed by atoms with Crippen LogP contribution in [-0.2, 0) is 26.8 Å². The van der Waals surface area contributed by atoms with Crippen LogP contribution >= 0.6 is 0 Å². The van der Waals surface area contributed by atoms with Gasteiger partial charge in [0.2, 0.25) is 11.7 Å². The summed E-state index contributed by atoms with van der Waals surface area (Å²) in [6.45, 7) is 4.80. The third kappa shape index (κ3) is 4.65. The third-order valence-corrected chi connectivity index (χ3v) is 12.2. The maximum absolute atomic E-state index is 14.9. The van der Waals surface area contributed by atoms with Crippen molar-refractivity contribution in [1.82, 2.24) is 34.8 Å². The van der Waals surface area contributed by atoms with Crippen molar-refractivity contribution in [3.8, 4) is 0 Å². The van der Waals surface area contributed by atoms with E-state index in [2.05, 4.69) is 22.7 Å². The van der Waals surface area contributed by atoms with Gasteiger partial charge in [0.15, 0.2) is 0 Å². The fourth-order valence-electron chi connectivity index (χ4n) is 8.92. The van der Waals surface area contributed by atoms with Gasteiger partial charge in [0.25, 0.3) is 5.91 Å². The van der Waals surface area contributed by atoms with Gasteiger partial charge in [-0.1, -0.05) is 32.3 Å². The smallest absolute Gasteiger partial charge is 0.409 e. The summed E-state index contributed by atoms with van der Waals surface area (Å²) in [6, 6.07) is 6.59. The Kier molecular flexibility index (Phi) is 7.30. The second-order valence-electron chi connectivity index (χ2n) is 14.9. The lowest BCUT2D eigenvalue weighted by Gasteiger charge is -2.48. The maximum Gasteiger partial charge on any atom is 0.409 e. The highest BCUT2D eigenvalue weighted by molar-refractivity contribution is 6.00. The number of aryl methyl sites for hydroxylation is 1. The molecule has 12 nitrogen and oxygen atoms in total. The number of carbonyl (C=O) groups excluding carboxylic acids is 4. The average molecular weight is 633 g/mol. The first-order chi connectivity index (χ1) is 21.9. The molecule has 3 saturated carbocycles. The number of piperidine rings is 1. The molecule has 0 radical (unpaired) electrons. The molecule has 7 atom stereocenters. The van der Waals surface area contributed by atoms with E-state index in [4.69, 9.17) is 9.72 Å². The molecule has 4 heterocycles. The van der Waals surface area contributed by atoms with Crippen LogP contribution in [0.1, 0.15) is 75.0 Å². The zero-order valence-corrected chi connectivity index (χ0v) is 27.5. The maximum atomic E-state index is 14.9. The molecule has 2 saturated heterocycles. The standard InChI is InChI=1S/C34H45N7O5/c1-20(21-12-13-21)36-31(44)34(15-17-40(19-34)32(45)46-5)24-10-7-11-26(37-24)41(4)25-18-33(25,2)27(22-8-6-9-22)28(30(41)43)38-29(42)23-14-16-35-39(23)3/h7,10-11,14,16,20-22,25,27-28H,6,8-9,12-13,15,17-19H2,1-5H3,(H-,36,38,42,44)/p+1/t20?,25?,27?,28-,33?,34?,41?/m0/s1. The van der Waals surface area contributed by atoms with Gasteiger partial charge >= 0.3 is 12.0 Å². The molecule has 5 fully saturated rings. The number of pyridine rings is 1. The van der Waals surface area contributed by atoms with E-state index in [0.717, 1.165) is 38.5 Å². The van der Waals surface area contributed by atoms with Crippen LogP contribution in [0.25, 0.3) is 0 Å². The summed E-state index contributed by atoms with van der Waals surface area (Å²) < 4.78 is 6.49. The van der Waals surface area contributed by atoms with Crippen LogP contribution in [0, 0.1) is 23.2 Å². The number of quaternary nitrogens is 1. The second-order valence-corrected chi connectivity index (χ2v) is 14.9. The molecule has 12 heteroatoms. The van der Waals surface area contributed by atoms with E-state index in [0.29, 0.717) is 42.0 Å². The zero-order chi connectivity index (χ0) is 32.6. The summed E-state index contributed by atoms with van der Waals surface area (Å²) in [5, 5.41) is 10.6. The van der Waals surface area contributed by atoms with Crippen LogP contribution in [-0.4, -0.2) is 88.9 Å². The predicted molar refractivity (Wildman–Crippen MR) is 169 cm³/mol. The molecule has 46 heavy (non-hydrogen) atoms. The van der Waals surface area contributed by atoms with Gasteiger partial charge in [0.1, 0.15) is 23.2 Å². The van der Waals surface area contributed by atoms with Crippen molar-refractivity contribution < 1.29 is 23.9 Å². The van der Waals surface area contributed by atoms with Gasteiger partial charge in [-0.25, -0.2) is 14.1 Å². The van der Waals surface area contributed by atoms with E-state index in [1.807, 2.05) is 32.2 Å². The van der Waals surface area contributed by atoms with Gasteiger partial charge in [-0.3, -0.25) is 14.3 Å². The number of rotatable bonds is 8. The molecule has 0 bridgehead atoms. The van der Waals surface area contributed by atoms with Crippen LogP contribution in [0.15, 0.2) is 30.5 Å². The molecular formula is C34H46N7O5+. The van der Waals surface area contributed by atoms with Crippen LogP contribution in [0.2, 0.25) is 0 Å². The Bertz CT molecular complexity index is 1580. The first-order valence-electron chi connectivity index (χ1n) is 16.8. The number of amides is 4. The lowest BCUT2D eigenvalue weighted by atomic mass is 9.64. The Morgan fingerprint density at radius 3 is 2.54 bits per heavy atom. The first kappa shape index (κ1) is 30.8. The largest absolute Gasteiger partial charge is 0.453 e. The number of nitrogens with zero attached hydrogens (tertiary/aromatic N) is 5. The summed E-state index contributed by atoms with van der Waals surface area (Å²) >= 11 is 0. The highest BCUT2D eigenvalue weighted by atomic mass is 16.5. The van der Waals surface area contributed by atoms with Crippen molar-refractivity contribution in [2.75, 3.05) is 27.2 Å². The molecule has 0 spiro atoms. The zero-order valence-electron chi connectivity index (χ0n) is 27.5. The summed E-state index contributed by atoms with van der Waals surface area (Å²) in [4.78, 5) is 61.9. The molecule has 5 aliphatic rings. The summed E-state index contributed by atoms with van der Waals surface area (Å²) in [6.07, 6.45) is 7.79. The molecular weight excluding hydrogens is 586 g/mol. The Morgan fingerprint density at radius 2 is 1.91 bits per heavy atom. The van der Waals surface area contributed by atoms with Crippen LogP contribution in [0.5, 0.6) is 0 Å². The molecule has 3 aliphatic carbocycles. The molecule has 2 aromatic heterocycles. The fraction of sp³-hybridized carbons (Fsp3) is 0.647. The number of fused-ring (bicyclic) bond motifs is 1. The van der Waals surface area contributed by atoms with E-state index in [1.54, 1.807) is 24.2 Å². The Hall–Kier alpha value is -3.80. The number of aromatic nitrogens is 3. The van der Waals surface area contributed by atoms with E-state index < -0.39 is 17.6 Å². The fourth-order valence-corrected chi connectivity index (χ4v) is 8.92. The SMILES string of the molecule is COC(=O)N1CCC(C(=O)NC(C)C2CC2)(c2cccc([N+]3(C)C(=O)[C@@H](NC(=O)c4ccnn4C)C(C4CCC4)C4(C)CC43)n2)C1. The molecule has 2 aromatic rings. The van der Waals surface area contributed by atoms with Gasteiger partial charge in [-0.05, 0) is 50.2 Å². The minimum absolute atomic E-state index is 0.00742. The average Bonchev–Trinajstić information content (AvgIpc) is 3.90. The minimum Gasteiger partial charge on any atom is -0.453 e.